The zero-order valence-electron chi connectivity index (χ0n) is 19.4. The van der Waals surface area contributed by atoms with E-state index in [2.05, 4.69) is 10.2 Å². The quantitative estimate of drug-likeness (QED) is 0.503. The Morgan fingerprint density at radius 1 is 1.26 bits per heavy atom. The molecule has 0 saturated carbocycles. The average molecular weight is 524 g/mol. The fourth-order valence-corrected chi connectivity index (χ4v) is 6.52. The fraction of sp³-hybridized carbons (Fsp3) is 0.348. The van der Waals surface area contributed by atoms with Crippen LogP contribution in [-0.2, 0) is 10.0 Å². The average Bonchev–Trinajstić information content (AvgIpc) is 3.15. The Hall–Kier alpha value is -3.02. The van der Waals surface area contributed by atoms with Crippen molar-refractivity contribution >= 4 is 27.4 Å². The number of halogens is 2. The van der Waals surface area contributed by atoms with Gasteiger partial charge in [0.05, 0.1) is 10.6 Å². The van der Waals surface area contributed by atoms with Crippen LogP contribution >= 0.6 is 11.6 Å². The number of aromatic amines is 1. The number of nitrogens with zero attached hydrogens (tertiary/aromatic N) is 2. The molecule has 1 N–H and O–H groups in total. The van der Waals surface area contributed by atoms with E-state index in [1.54, 1.807) is 19.9 Å². The Kier molecular flexibility index (Phi) is 6.60. The molecular weight excluding hydrogens is 501 g/mol. The van der Waals surface area contributed by atoms with E-state index in [1.807, 2.05) is 6.92 Å². The Morgan fingerprint density at radius 3 is 2.60 bits per heavy atom. The molecule has 0 saturated heterocycles. The molecule has 2 aromatic carbocycles. The number of sulfonamides is 1. The lowest BCUT2D eigenvalue weighted by molar-refractivity contribution is 0.101. The summed E-state index contributed by atoms with van der Waals surface area (Å²) in [7, 11) is -4.36. The molecule has 4 rings (SSSR count). The van der Waals surface area contributed by atoms with Gasteiger partial charge in [-0.1, -0.05) is 24.6 Å². The summed E-state index contributed by atoms with van der Waals surface area (Å²) in [5.41, 5.74) is 1.66. The van der Waals surface area contributed by atoms with Crippen molar-refractivity contribution in [3.8, 4) is 5.75 Å². The maximum absolute atomic E-state index is 15.1. The molecule has 35 heavy (non-hydrogen) atoms. The van der Waals surface area contributed by atoms with Crippen LogP contribution in [0.3, 0.4) is 0 Å². The van der Waals surface area contributed by atoms with Crippen LogP contribution in [0.25, 0.3) is 0 Å². The van der Waals surface area contributed by atoms with E-state index >= 15 is 4.39 Å². The van der Waals surface area contributed by atoms with Gasteiger partial charge in [0, 0.05) is 12.5 Å². The second-order valence-corrected chi connectivity index (χ2v) is 10.6. The van der Waals surface area contributed by atoms with Crippen LogP contribution in [0.15, 0.2) is 38.4 Å². The summed E-state index contributed by atoms with van der Waals surface area (Å²) in [6.45, 7) is 6.11. The molecule has 0 fully saturated rings. The van der Waals surface area contributed by atoms with Crippen LogP contribution in [0.2, 0.25) is 5.02 Å². The molecule has 3 aromatic rings. The predicted octanol–water partition coefficient (Wildman–Crippen LogP) is 3.90. The molecule has 1 aliphatic heterocycles. The first-order chi connectivity index (χ1) is 16.4. The highest BCUT2D eigenvalue weighted by atomic mass is 35.5. The highest BCUT2D eigenvalue weighted by molar-refractivity contribution is 7.89. The van der Waals surface area contributed by atoms with Crippen molar-refractivity contribution < 1.29 is 26.8 Å². The first-order valence-electron chi connectivity index (χ1n) is 10.7. The number of aromatic nitrogens is 2. The summed E-state index contributed by atoms with van der Waals surface area (Å²) in [6.07, 6.45) is 0. The molecule has 1 aliphatic rings. The minimum atomic E-state index is -4.36. The summed E-state index contributed by atoms with van der Waals surface area (Å²) in [5, 5.41) is 6.09. The van der Waals surface area contributed by atoms with E-state index in [-0.39, 0.29) is 45.8 Å². The molecule has 12 heteroatoms. The summed E-state index contributed by atoms with van der Waals surface area (Å²) in [6, 6.07) is 4.28. The molecule has 2 atom stereocenters. The lowest BCUT2D eigenvalue weighted by atomic mass is 9.87. The Bertz CT molecular complexity index is 1480. The number of nitrogens with one attached hydrogen (secondary N) is 1. The Morgan fingerprint density at radius 2 is 1.97 bits per heavy atom. The molecule has 0 aliphatic carbocycles. The maximum Gasteiger partial charge on any atom is 0.434 e. The largest absolute Gasteiger partial charge is 0.490 e. The number of benzene rings is 2. The van der Waals surface area contributed by atoms with Crippen molar-refractivity contribution in [1.82, 2.24) is 14.5 Å². The zero-order valence-corrected chi connectivity index (χ0v) is 21.0. The molecule has 0 radical (unpaired) electrons. The highest BCUT2D eigenvalue weighted by Crippen LogP contribution is 2.44. The van der Waals surface area contributed by atoms with Crippen LogP contribution in [-0.4, -0.2) is 41.9 Å². The van der Waals surface area contributed by atoms with Gasteiger partial charge in [-0.25, -0.2) is 22.7 Å². The predicted molar refractivity (Wildman–Crippen MR) is 125 cm³/mol. The molecule has 0 unspecified atom stereocenters. The van der Waals surface area contributed by atoms with Gasteiger partial charge < -0.3 is 9.15 Å². The number of ether oxygens (including phenoxy) is 1. The van der Waals surface area contributed by atoms with Crippen LogP contribution in [0, 0.1) is 19.7 Å². The second kappa shape index (κ2) is 9.21. The number of rotatable bonds is 5. The highest BCUT2D eigenvalue weighted by Gasteiger charge is 2.43. The van der Waals surface area contributed by atoms with Crippen LogP contribution in [0.1, 0.15) is 58.7 Å². The van der Waals surface area contributed by atoms with Crippen LogP contribution in [0.4, 0.5) is 4.39 Å². The second-order valence-electron chi connectivity index (χ2n) is 8.36. The number of ketones is 1. The summed E-state index contributed by atoms with van der Waals surface area (Å²) >= 11 is 6.17. The molecule has 0 bridgehead atoms. The van der Waals surface area contributed by atoms with Gasteiger partial charge in [-0.2, -0.15) is 4.31 Å². The zero-order chi connectivity index (χ0) is 25.7. The lowest BCUT2D eigenvalue weighted by Crippen LogP contribution is -2.39. The van der Waals surface area contributed by atoms with Crippen molar-refractivity contribution in [3.63, 3.8) is 0 Å². The summed E-state index contributed by atoms with van der Waals surface area (Å²) in [5.74, 6) is -3.07. The first kappa shape index (κ1) is 25.1. The van der Waals surface area contributed by atoms with E-state index in [9.17, 15) is 18.0 Å². The lowest BCUT2D eigenvalue weighted by Gasteiger charge is -2.32. The molecule has 186 valence electrons. The number of carbonyl (C=O) groups excluding carboxylic acids is 1. The number of hydrogen-bond acceptors (Lipinski definition) is 7. The van der Waals surface area contributed by atoms with Crippen LogP contribution < -0.4 is 10.5 Å². The molecule has 9 nitrogen and oxygen atoms in total. The van der Waals surface area contributed by atoms with Crippen molar-refractivity contribution in [2.45, 2.75) is 44.6 Å². The third kappa shape index (κ3) is 4.28. The molecule has 1 aromatic heterocycles. The molecule has 2 heterocycles. The van der Waals surface area contributed by atoms with Gasteiger partial charge in [-0.3, -0.25) is 4.79 Å². The monoisotopic (exact) mass is 523 g/mol. The minimum absolute atomic E-state index is 0.0499. The number of fused-ring (bicyclic) bond motifs is 1. The number of aryl methyl sites for hydroxylation is 1. The number of H-pyrrole nitrogens is 1. The van der Waals surface area contributed by atoms with Gasteiger partial charge in [-0.15, -0.1) is 5.10 Å². The third-order valence-electron chi connectivity index (χ3n) is 6.25. The number of carbonyl (C=O) groups is 1. The van der Waals surface area contributed by atoms with Gasteiger partial charge in [0.15, 0.2) is 11.5 Å². The smallest absolute Gasteiger partial charge is 0.434 e. The van der Waals surface area contributed by atoms with E-state index < -0.39 is 39.3 Å². The van der Waals surface area contributed by atoms with Crippen molar-refractivity contribution in [1.29, 1.82) is 0 Å². The number of Topliss-reactive ketones (excluding diaryl/α,β-unsaturated/α-hetero) is 1. The third-order valence-corrected chi connectivity index (χ3v) is 8.47. The van der Waals surface area contributed by atoms with Gasteiger partial charge >= 0.3 is 5.76 Å². The standard InChI is InChI=1S/C23H23ClFN3O6S/c1-11-5-7-16(25)18(12(11)2)13(3)20(22-26-27-23(30)34-22)28-9-10-33-21-17(35(28,31)32)8-6-15(24)19(21)14(4)29/h5-8,13,20H,9-10H2,1-4H3,(H,27,30)/t13-,20+/m1/s1. The van der Waals surface area contributed by atoms with E-state index in [1.165, 1.54) is 25.1 Å². The molecular formula is C23H23ClFN3O6S. The van der Waals surface area contributed by atoms with Crippen molar-refractivity contribution in [2.75, 3.05) is 13.2 Å². The Balaban J connectivity index is 1.95. The Labute approximate surface area is 205 Å². The van der Waals surface area contributed by atoms with E-state index in [4.69, 9.17) is 20.8 Å². The summed E-state index contributed by atoms with van der Waals surface area (Å²) in [4.78, 5) is 23.8. The van der Waals surface area contributed by atoms with Crippen molar-refractivity contribution in [2.24, 2.45) is 0 Å². The normalized spacial score (nSPS) is 17.2. The van der Waals surface area contributed by atoms with E-state index in [0.717, 1.165) is 9.87 Å². The van der Waals surface area contributed by atoms with Crippen LogP contribution in [0.5, 0.6) is 5.75 Å². The van der Waals surface area contributed by atoms with Crippen molar-refractivity contribution in [3.05, 3.63) is 73.8 Å². The first-order valence-corrected chi connectivity index (χ1v) is 12.6. The van der Waals surface area contributed by atoms with E-state index in [0.29, 0.717) is 5.56 Å². The molecule has 0 amide bonds. The van der Waals surface area contributed by atoms with Gasteiger partial charge in [-0.05, 0) is 55.7 Å². The van der Waals surface area contributed by atoms with Gasteiger partial charge in [0.2, 0.25) is 15.9 Å². The molecule has 0 spiro atoms. The van der Waals surface area contributed by atoms with Gasteiger partial charge in [0.1, 0.15) is 23.4 Å². The fourth-order valence-electron chi connectivity index (χ4n) is 4.46. The SMILES string of the molecule is CC(=O)c1c(Cl)ccc2c1OCCN([C@H](c1n[nH]c(=O)o1)[C@H](C)c1c(F)ccc(C)c1C)S2(=O)=O. The topological polar surface area (TPSA) is 123 Å². The van der Waals surface area contributed by atoms with Gasteiger partial charge in [0.25, 0.3) is 0 Å². The summed E-state index contributed by atoms with van der Waals surface area (Å²) < 4.78 is 54.9. The number of hydrogen-bond donors (Lipinski definition) is 1. The maximum atomic E-state index is 15.1. The minimum Gasteiger partial charge on any atom is -0.490 e.